The summed E-state index contributed by atoms with van der Waals surface area (Å²) in [4.78, 5) is 12.8. The molecule has 1 saturated heterocycles. The van der Waals surface area contributed by atoms with Gasteiger partial charge in [-0.15, -0.1) is 0 Å². The topological polar surface area (TPSA) is 29.1 Å². The molecule has 3 heteroatoms. The van der Waals surface area contributed by atoms with E-state index in [1.807, 2.05) is 12.1 Å². The van der Waals surface area contributed by atoms with Crippen molar-refractivity contribution in [3.63, 3.8) is 0 Å². The zero-order valence-electron chi connectivity index (χ0n) is 11.7. The van der Waals surface area contributed by atoms with Crippen LogP contribution in [-0.4, -0.2) is 26.7 Å². The average molecular weight is 243 g/mol. The lowest BCUT2D eigenvalue weighted by Gasteiger charge is -2.26. The predicted octanol–water partition coefficient (Wildman–Crippen LogP) is 1.22. The van der Waals surface area contributed by atoms with Crippen LogP contribution in [0.5, 0.6) is 0 Å². The molecule has 1 aromatic rings. The molecule has 1 fully saturated rings. The highest BCUT2D eigenvalue weighted by atomic mass is 16.1. The number of carbonyl (C=O) groups is 1. The first-order chi connectivity index (χ1) is 8.59. The van der Waals surface area contributed by atoms with Gasteiger partial charge in [-0.25, -0.2) is 0 Å². The lowest BCUT2D eigenvalue weighted by Crippen LogP contribution is -2.33. The van der Waals surface area contributed by atoms with Crippen LogP contribution in [0.15, 0.2) is 18.2 Å². The molecule has 0 spiro atoms. The third-order valence-electron chi connectivity index (χ3n) is 4.22. The van der Waals surface area contributed by atoms with E-state index in [2.05, 4.69) is 33.1 Å². The van der Waals surface area contributed by atoms with E-state index in [-0.39, 0.29) is 5.41 Å². The number of rotatable bonds is 4. The third-order valence-corrected chi connectivity index (χ3v) is 4.22. The molecule has 1 heterocycles. The van der Waals surface area contributed by atoms with Crippen LogP contribution in [0.1, 0.15) is 42.1 Å². The monoisotopic (exact) mass is 243 g/mol. The Hall–Kier alpha value is -1.09. The lowest BCUT2D eigenvalue weighted by atomic mass is 9.75. The molecule has 1 aliphatic heterocycles. The SMILES string of the molecule is Bc1ccc(C(=O)C2(CCC)CCNC2)cc1C. The number of nitrogens with one attached hydrogen (secondary N) is 1. The molecule has 0 bridgehead atoms. The minimum atomic E-state index is -0.156. The second-order valence-corrected chi connectivity index (χ2v) is 5.59. The number of Topliss-reactive ketones (excluding diaryl/α,β-unsaturated/α-hetero) is 1. The Bertz CT molecular complexity index is 450. The van der Waals surface area contributed by atoms with Crippen molar-refractivity contribution >= 4 is 19.1 Å². The molecule has 0 amide bonds. The maximum atomic E-state index is 12.8. The Morgan fingerprint density at radius 1 is 1.50 bits per heavy atom. The minimum Gasteiger partial charge on any atom is -0.316 e. The summed E-state index contributed by atoms with van der Waals surface area (Å²) in [5.41, 5.74) is 3.19. The Balaban J connectivity index is 2.30. The summed E-state index contributed by atoms with van der Waals surface area (Å²) < 4.78 is 0. The van der Waals surface area contributed by atoms with Gasteiger partial charge in [-0.3, -0.25) is 4.79 Å². The van der Waals surface area contributed by atoms with Crippen LogP contribution < -0.4 is 10.8 Å². The predicted molar refractivity (Wildman–Crippen MR) is 78.5 cm³/mol. The number of aryl methyl sites for hydroxylation is 1. The molecule has 96 valence electrons. The first kappa shape index (κ1) is 13.3. The number of carbonyl (C=O) groups excluding carboxylic acids is 1. The van der Waals surface area contributed by atoms with Gasteiger partial charge >= 0.3 is 0 Å². The van der Waals surface area contributed by atoms with Gasteiger partial charge in [0.2, 0.25) is 0 Å². The van der Waals surface area contributed by atoms with E-state index in [4.69, 9.17) is 0 Å². The molecule has 2 nitrogen and oxygen atoms in total. The number of ketones is 1. The molecule has 1 N–H and O–H groups in total. The molecule has 0 aliphatic carbocycles. The molecule has 0 aromatic heterocycles. The summed E-state index contributed by atoms with van der Waals surface area (Å²) in [6.45, 7) is 6.04. The highest BCUT2D eigenvalue weighted by Gasteiger charge is 2.40. The second-order valence-electron chi connectivity index (χ2n) is 5.59. The molecule has 18 heavy (non-hydrogen) atoms. The van der Waals surface area contributed by atoms with Gasteiger partial charge in [-0.05, 0) is 32.4 Å². The van der Waals surface area contributed by atoms with Gasteiger partial charge in [0, 0.05) is 17.5 Å². The van der Waals surface area contributed by atoms with Crippen LogP contribution in [0.2, 0.25) is 0 Å². The standard InChI is InChI=1S/C15H22BNO/c1-3-6-15(7-8-17-10-15)14(18)12-4-5-13(16)11(2)9-12/h4-5,9,17H,3,6-8,10,16H2,1-2H3. The van der Waals surface area contributed by atoms with Gasteiger partial charge in [0.05, 0.1) is 0 Å². The van der Waals surface area contributed by atoms with Crippen LogP contribution in [0.3, 0.4) is 0 Å². The van der Waals surface area contributed by atoms with Crippen LogP contribution in [0.25, 0.3) is 0 Å². The first-order valence-electron chi connectivity index (χ1n) is 6.92. The average Bonchev–Trinajstić information content (AvgIpc) is 2.82. The van der Waals surface area contributed by atoms with Gasteiger partial charge < -0.3 is 5.32 Å². The number of hydrogen-bond donors (Lipinski definition) is 1. The highest BCUT2D eigenvalue weighted by Crippen LogP contribution is 2.34. The van der Waals surface area contributed by atoms with Gasteiger partial charge in [0.15, 0.2) is 5.78 Å². The summed E-state index contributed by atoms with van der Waals surface area (Å²) in [5, 5.41) is 3.35. The van der Waals surface area contributed by atoms with E-state index in [0.717, 1.165) is 37.9 Å². The molecule has 2 rings (SSSR count). The minimum absolute atomic E-state index is 0.156. The van der Waals surface area contributed by atoms with Crippen molar-refractivity contribution in [3.8, 4) is 0 Å². The largest absolute Gasteiger partial charge is 0.316 e. The van der Waals surface area contributed by atoms with E-state index >= 15 is 0 Å². The Morgan fingerprint density at radius 2 is 2.28 bits per heavy atom. The first-order valence-corrected chi connectivity index (χ1v) is 6.92. The highest BCUT2D eigenvalue weighted by molar-refractivity contribution is 6.33. The van der Waals surface area contributed by atoms with E-state index < -0.39 is 0 Å². The van der Waals surface area contributed by atoms with E-state index in [0.29, 0.717) is 5.78 Å². The van der Waals surface area contributed by atoms with Crippen LogP contribution in [-0.2, 0) is 0 Å². The van der Waals surface area contributed by atoms with E-state index in [1.165, 1.54) is 11.0 Å². The van der Waals surface area contributed by atoms with Crippen molar-refractivity contribution in [2.45, 2.75) is 33.1 Å². The Labute approximate surface area is 111 Å². The summed E-state index contributed by atoms with van der Waals surface area (Å²) >= 11 is 0. The molecule has 1 atom stereocenters. The summed E-state index contributed by atoms with van der Waals surface area (Å²) in [7, 11) is 2.09. The summed E-state index contributed by atoms with van der Waals surface area (Å²) in [6.07, 6.45) is 3.04. The van der Waals surface area contributed by atoms with Crippen molar-refractivity contribution in [1.82, 2.24) is 5.32 Å². The van der Waals surface area contributed by atoms with Gasteiger partial charge in [0.1, 0.15) is 7.85 Å². The van der Waals surface area contributed by atoms with Gasteiger partial charge in [-0.1, -0.05) is 36.5 Å². The van der Waals surface area contributed by atoms with Crippen molar-refractivity contribution in [1.29, 1.82) is 0 Å². The lowest BCUT2D eigenvalue weighted by molar-refractivity contribution is 0.0802. The maximum Gasteiger partial charge on any atom is 0.170 e. The molecular weight excluding hydrogens is 221 g/mol. The third kappa shape index (κ3) is 2.37. The van der Waals surface area contributed by atoms with Crippen LogP contribution >= 0.6 is 0 Å². The molecule has 0 radical (unpaired) electrons. The van der Waals surface area contributed by atoms with Crippen molar-refractivity contribution in [2.75, 3.05) is 13.1 Å². The smallest absolute Gasteiger partial charge is 0.170 e. The normalized spacial score (nSPS) is 23.2. The van der Waals surface area contributed by atoms with E-state index in [9.17, 15) is 4.79 Å². The molecule has 1 aliphatic rings. The number of hydrogen-bond acceptors (Lipinski definition) is 2. The summed E-state index contributed by atoms with van der Waals surface area (Å²) in [5.74, 6) is 0.331. The fourth-order valence-electron chi connectivity index (χ4n) is 2.93. The summed E-state index contributed by atoms with van der Waals surface area (Å²) in [6, 6.07) is 6.10. The molecule has 1 aromatic carbocycles. The van der Waals surface area contributed by atoms with Crippen molar-refractivity contribution in [2.24, 2.45) is 5.41 Å². The van der Waals surface area contributed by atoms with Crippen LogP contribution in [0, 0.1) is 12.3 Å². The Kier molecular flexibility index (Phi) is 3.91. The molecule has 0 saturated carbocycles. The zero-order valence-corrected chi connectivity index (χ0v) is 11.7. The van der Waals surface area contributed by atoms with Crippen molar-refractivity contribution < 1.29 is 4.79 Å². The van der Waals surface area contributed by atoms with E-state index in [1.54, 1.807) is 0 Å². The quantitative estimate of drug-likeness (QED) is 0.636. The van der Waals surface area contributed by atoms with Gasteiger partial charge in [-0.2, -0.15) is 0 Å². The zero-order chi connectivity index (χ0) is 13.2. The molecule has 1 unspecified atom stereocenters. The van der Waals surface area contributed by atoms with Crippen molar-refractivity contribution in [3.05, 3.63) is 29.3 Å². The maximum absolute atomic E-state index is 12.8. The second kappa shape index (κ2) is 5.27. The fourth-order valence-corrected chi connectivity index (χ4v) is 2.93. The van der Waals surface area contributed by atoms with Gasteiger partial charge in [0.25, 0.3) is 0 Å². The fraction of sp³-hybridized carbons (Fsp3) is 0.533. The molecular formula is C15H22BNO. The van der Waals surface area contributed by atoms with Crippen LogP contribution in [0.4, 0.5) is 0 Å². The number of benzene rings is 1. The Morgan fingerprint density at radius 3 is 2.83 bits per heavy atom.